The van der Waals surface area contributed by atoms with Gasteiger partial charge in [-0.25, -0.2) is 9.98 Å². The number of anilines is 1. The van der Waals surface area contributed by atoms with E-state index in [-0.39, 0.29) is 42.5 Å². The Morgan fingerprint density at radius 3 is 2.59 bits per heavy atom. The molecule has 1 aromatic heterocycles. The number of aromatic nitrogens is 1. The van der Waals surface area contributed by atoms with Crippen LogP contribution in [0.3, 0.4) is 0 Å². The minimum Gasteiger partial charge on any atom is -0.354 e. The summed E-state index contributed by atoms with van der Waals surface area (Å²) in [5, 5.41) is 7.19. The molecule has 8 heteroatoms. The molecule has 0 saturated carbocycles. The van der Waals surface area contributed by atoms with Crippen LogP contribution < -0.4 is 15.5 Å². The smallest absolute Gasteiger partial charge is 0.243 e. The summed E-state index contributed by atoms with van der Waals surface area (Å²) in [5.41, 5.74) is 2.84. The Labute approximate surface area is 207 Å². The second kappa shape index (κ2) is 11.5. The largest absolute Gasteiger partial charge is 0.354 e. The van der Waals surface area contributed by atoms with Gasteiger partial charge >= 0.3 is 0 Å². The minimum atomic E-state index is -0.00313. The predicted molar refractivity (Wildman–Crippen MR) is 140 cm³/mol. The second-order valence-electron chi connectivity index (χ2n) is 8.57. The molecule has 2 atom stereocenters. The fraction of sp³-hybridized carbons (Fsp3) is 0.458. The van der Waals surface area contributed by atoms with E-state index < -0.39 is 0 Å². The molecule has 1 aromatic carbocycles. The van der Waals surface area contributed by atoms with Crippen LogP contribution in [0.5, 0.6) is 0 Å². The van der Waals surface area contributed by atoms with Gasteiger partial charge in [0.1, 0.15) is 12.4 Å². The third kappa shape index (κ3) is 6.34. The van der Waals surface area contributed by atoms with Gasteiger partial charge in [-0.15, -0.1) is 24.0 Å². The molecule has 0 spiro atoms. The van der Waals surface area contributed by atoms with Gasteiger partial charge in [0, 0.05) is 45.5 Å². The van der Waals surface area contributed by atoms with E-state index in [1.165, 1.54) is 11.1 Å². The van der Waals surface area contributed by atoms with Crippen molar-refractivity contribution in [2.75, 3.05) is 38.6 Å². The van der Waals surface area contributed by atoms with Crippen molar-refractivity contribution in [2.24, 2.45) is 4.99 Å². The lowest BCUT2D eigenvalue weighted by Gasteiger charge is -2.28. The number of nitrogens with one attached hydrogen (secondary N) is 2. The van der Waals surface area contributed by atoms with Gasteiger partial charge < -0.3 is 20.4 Å². The molecule has 2 N–H and O–H groups in total. The van der Waals surface area contributed by atoms with E-state index in [1.54, 1.807) is 19.0 Å². The number of hydrogen-bond donors (Lipinski definition) is 2. The number of benzene rings is 1. The van der Waals surface area contributed by atoms with E-state index in [2.05, 4.69) is 49.8 Å². The Morgan fingerprint density at radius 1 is 1.09 bits per heavy atom. The van der Waals surface area contributed by atoms with E-state index in [1.807, 2.05) is 24.4 Å². The van der Waals surface area contributed by atoms with Gasteiger partial charge in [0.05, 0.1) is 0 Å². The number of guanidine groups is 1. The van der Waals surface area contributed by atoms with Gasteiger partial charge in [-0.05, 0) is 48.9 Å². The van der Waals surface area contributed by atoms with Crippen LogP contribution in [0.4, 0.5) is 5.82 Å². The Balaban J connectivity index is 0.00000289. The van der Waals surface area contributed by atoms with Gasteiger partial charge in [-0.1, -0.05) is 30.3 Å². The van der Waals surface area contributed by atoms with Gasteiger partial charge in [0.15, 0.2) is 5.96 Å². The lowest BCUT2D eigenvalue weighted by Crippen LogP contribution is -2.50. The lowest BCUT2D eigenvalue weighted by atomic mass is 9.88. The lowest BCUT2D eigenvalue weighted by molar-refractivity contribution is -0.127. The second-order valence-corrected chi connectivity index (χ2v) is 8.57. The highest BCUT2D eigenvalue weighted by atomic mass is 127. The van der Waals surface area contributed by atoms with Crippen LogP contribution in [0.2, 0.25) is 0 Å². The average molecular weight is 548 g/mol. The quantitative estimate of drug-likeness (QED) is 0.342. The van der Waals surface area contributed by atoms with E-state index in [0.29, 0.717) is 6.04 Å². The molecule has 0 bridgehead atoms. The number of likely N-dealkylation sites (N-methyl/N-ethyl adjacent to an activating group) is 1. The van der Waals surface area contributed by atoms with Gasteiger partial charge in [-0.3, -0.25) is 4.79 Å². The maximum absolute atomic E-state index is 12.1. The summed E-state index contributed by atoms with van der Waals surface area (Å²) in [6, 6.07) is 15.2. The number of fused-ring (bicyclic) bond motifs is 1. The van der Waals surface area contributed by atoms with Crippen LogP contribution in [-0.4, -0.2) is 67.6 Å². The van der Waals surface area contributed by atoms with Crippen molar-refractivity contribution >= 4 is 41.7 Å². The zero-order valence-corrected chi connectivity index (χ0v) is 21.2. The molecule has 2 aromatic rings. The Morgan fingerprint density at radius 2 is 1.84 bits per heavy atom. The molecule has 2 heterocycles. The summed E-state index contributed by atoms with van der Waals surface area (Å²) in [7, 11) is 3.52. The Bertz CT molecular complexity index is 920. The molecule has 32 heavy (non-hydrogen) atoms. The number of carbonyl (C=O) groups is 1. The van der Waals surface area contributed by atoms with Crippen LogP contribution in [0, 0.1) is 0 Å². The highest BCUT2D eigenvalue weighted by Gasteiger charge is 2.26. The SMILES string of the molecule is CN(C)C(=O)CN=C(NC1CCc2ccccc2C1)NC1CCN(c2ccccn2)C1.I. The number of hydrogen-bond acceptors (Lipinski definition) is 4. The molecule has 1 aliphatic carbocycles. The van der Waals surface area contributed by atoms with Crippen molar-refractivity contribution in [3.63, 3.8) is 0 Å². The fourth-order valence-electron chi connectivity index (χ4n) is 4.26. The first kappa shape index (κ1) is 24.3. The summed E-state index contributed by atoms with van der Waals surface area (Å²) in [5.74, 6) is 1.73. The van der Waals surface area contributed by atoms with Crippen LogP contribution in [0.25, 0.3) is 0 Å². The number of aryl methyl sites for hydroxylation is 1. The summed E-state index contributed by atoms with van der Waals surface area (Å²) < 4.78 is 0. The molecule has 1 amide bonds. The summed E-state index contributed by atoms with van der Waals surface area (Å²) >= 11 is 0. The summed E-state index contributed by atoms with van der Waals surface area (Å²) in [4.78, 5) is 25.1. The minimum absolute atomic E-state index is 0. The predicted octanol–water partition coefficient (Wildman–Crippen LogP) is 2.46. The average Bonchev–Trinajstić information content (AvgIpc) is 3.26. The molecule has 1 fully saturated rings. The molecular weight excluding hydrogens is 515 g/mol. The van der Waals surface area contributed by atoms with Gasteiger partial charge in [0.25, 0.3) is 0 Å². The van der Waals surface area contributed by atoms with E-state index in [4.69, 9.17) is 0 Å². The topological polar surface area (TPSA) is 72.9 Å². The van der Waals surface area contributed by atoms with Crippen LogP contribution in [-0.2, 0) is 17.6 Å². The van der Waals surface area contributed by atoms with Crippen molar-refractivity contribution in [3.8, 4) is 0 Å². The maximum atomic E-state index is 12.1. The highest BCUT2D eigenvalue weighted by Crippen LogP contribution is 2.21. The molecule has 172 valence electrons. The van der Waals surface area contributed by atoms with Crippen molar-refractivity contribution in [1.29, 1.82) is 0 Å². The van der Waals surface area contributed by atoms with E-state index in [9.17, 15) is 4.79 Å². The first-order valence-corrected chi connectivity index (χ1v) is 11.1. The zero-order chi connectivity index (χ0) is 21.6. The first-order chi connectivity index (χ1) is 15.1. The first-order valence-electron chi connectivity index (χ1n) is 11.1. The number of carbonyl (C=O) groups excluding carboxylic acids is 1. The number of nitrogens with zero attached hydrogens (tertiary/aromatic N) is 4. The fourth-order valence-corrected chi connectivity index (χ4v) is 4.26. The van der Waals surface area contributed by atoms with Gasteiger partial charge in [-0.2, -0.15) is 0 Å². The number of rotatable bonds is 5. The summed E-state index contributed by atoms with van der Waals surface area (Å²) in [6.07, 6.45) is 5.94. The van der Waals surface area contributed by atoms with E-state index >= 15 is 0 Å². The molecule has 4 rings (SSSR count). The van der Waals surface area contributed by atoms with Crippen molar-refractivity contribution in [3.05, 3.63) is 59.8 Å². The monoisotopic (exact) mass is 548 g/mol. The standard InChI is InChI=1S/C24H32N6O.HI/c1-29(2)23(31)16-26-24(27-20-11-10-18-7-3-4-8-19(18)15-20)28-21-12-14-30(17-21)22-9-5-6-13-25-22;/h3-9,13,20-21H,10-12,14-17H2,1-2H3,(H2,26,27,28);1H. The zero-order valence-electron chi connectivity index (χ0n) is 18.8. The third-order valence-corrected chi connectivity index (χ3v) is 6.06. The molecule has 7 nitrogen and oxygen atoms in total. The van der Waals surface area contributed by atoms with Gasteiger partial charge in [0.2, 0.25) is 5.91 Å². The molecule has 2 aliphatic rings. The third-order valence-electron chi connectivity index (χ3n) is 6.06. The maximum Gasteiger partial charge on any atom is 0.243 e. The van der Waals surface area contributed by atoms with E-state index in [0.717, 1.165) is 50.6 Å². The van der Waals surface area contributed by atoms with Crippen LogP contribution in [0.15, 0.2) is 53.7 Å². The van der Waals surface area contributed by atoms with Crippen LogP contribution in [0.1, 0.15) is 24.0 Å². The molecule has 1 aliphatic heterocycles. The summed E-state index contributed by atoms with van der Waals surface area (Å²) in [6.45, 7) is 1.96. The molecule has 0 radical (unpaired) electrons. The molecular formula is C24H33IN6O. The number of aliphatic imine (C=N–C) groups is 1. The highest BCUT2D eigenvalue weighted by molar-refractivity contribution is 14.0. The number of halogens is 1. The van der Waals surface area contributed by atoms with Crippen molar-refractivity contribution < 1.29 is 4.79 Å². The molecule has 2 unspecified atom stereocenters. The normalized spacial score (nSPS) is 20.2. The van der Waals surface area contributed by atoms with Crippen molar-refractivity contribution in [1.82, 2.24) is 20.5 Å². The number of pyridine rings is 1. The van der Waals surface area contributed by atoms with Crippen LogP contribution >= 0.6 is 24.0 Å². The van der Waals surface area contributed by atoms with Crippen molar-refractivity contribution in [2.45, 2.75) is 37.8 Å². The number of amides is 1. The molecule has 1 saturated heterocycles. The Kier molecular flexibility index (Phi) is 8.72. The Hall–Kier alpha value is -2.36.